The molecule has 1 heterocycles. The summed E-state index contributed by atoms with van der Waals surface area (Å²) < 4.78 is 37.3. The van der Waals surface area contributed by atoms with Crippen molar-refractivity contribution >= 4 is 18.3 Å². The summed E-state index contributed by atoms with van der Waals surface area (Å²) >= 11 is 0. The normalized spacial score (nSPS) is 19.0. The number of amides is 1. The molecule has 1 aromatic rings. The van der Waals surface area contributed by atoms with Crippen molar-refractivity contribution in [2.75, 3.05) is 19.6 Å². The van der Waals surface area contributed by atoms with Crippen molar-refractivity contribution in [2.24, 2.45) is 0 Å². The van der Waals surface area contributed by atoms with Gasteiger partial charge < -0.3 is 10.2 Å². The lowest BCUT2D eigenvalue weighted by atomic mass is 10.1. The fourth-order valence-corrected chi connectivity index (χ4v) is 2.30. The molecule has 1 fully saturated rings. The van der Waals surface area contributed by atoms with Gasteiger partial charge >= 0.3 is 6.18 Å². The van der Waals surface area contributed by atoms with Gasteiger partial charge in [-0.25, -0.2) is 0 Å². The summed E-state index contributed by atoms with van der Waals surface area (Å²) in [6.45, 7) is 4.10. The Balaban J connectivity index is 0.00000220. The summed E-state index contributed by atoms with van der Waals surface area (Å²) in [5.41, 5.74) is -0.0852. The minimum absolute atomic E-state index is 0. The Kier molecular flexibility index (Phi) is 6.04. The maximum atomic E-state index is 12.4. The van der Waals surface area contributed by atoms with Gasteiger partial charge in [-0.05, 0) is 24.6 Å². The standard InChI is InChI=1S/C14H17F3N2O.ClH/c1-10-9-18-6-7-19(10)13(20)8-11-2-4-12(5-3-11)14(15,16)17;/h2-5,10,18H,6-9H2,1H3;1H. The lowest BCUT2D eigenvalue weighted by Crippen LogP contribution is -2.52. The van der Waals surface area contributed by atoms with Crippen LogP contribution in [0.5, 0.6) is 0 Å². The van der Waals surface area contributed by atoms with Crippen LogP contribution in [-0.2, 0) is 17.4 Å². The molecule has 118 valence electrons. The van der Waals surface area contributed by atoms with Gasteiger partial charge in [0.05, 0.1) is 12.0 Å². The van der Waals surface area contributed by atoms with E-state index >= 15 is 0 Å². The summed E-state index contributed by atoms with van der Waals surface area (Å²) in [5, 5.41) is 3.19. The monoisotopic (exact) mass is 322 g/mol. The zero-order valence-corrected chi connectivity index (χ0v) is 12.4. The van der Waals surface area contributed by atoms with Crippen LogP contribution in [0.2, 0.25) is 0 Å². The van der Waals surface area contributed by atoms with Gasteiger partial charge in [-0.15, -0.1) is 12.4 Å². The minimum Gasteiger partial charge on any atom is -0.337 e. The second-order valence-electron chi connectivity index (χ2n) is 5.01. The number of halogens is 4. The molecule has 0 radical (unpaired) electrons. The molecule has 0 aromatic heterocycles. The van der Waals surface area contributed by atoms with E-state index in [0.29, 0.717) is 12.1 Å². The number of carbonyl (C=O) groups excluding carboxylic acids is 1. The molecule has 1 aromatic carbocycles. The SMILES string of the molecule is CC1CNCCN1C(=O)Cc1ccc(C(F)(F)F)cc1.Cl. The number of nitrogens with one attached hydrogen (secondary N) is 1. The van der Waals surface area contributed by atoms with Gasteiger partial charge in [0.2, 0.25) is 5.91 Å². The average Bonchev–Trinajstić information content (AvgIpc) is 2.38. The summed E-state index contributed by atoms with van der Waals surface area (Å²) in [6.07, 6.45) is -4.20. The summed E-state index contributed by atoms with van der Waals surface area (Å²) in [7, 11) is 0. The third kappa shape index (κ3) is 4.61. The molecular formula is C14H18ClF3N2O. The Morgan fingerprint density at radius 1 is 1.33 bits per heavy atom. The number of alkyl halides is 3. The molecular weight excluding hydrogens is 305 g/mol. The van der Waals surface area contributed by atoms with Gasteiger partial charge in [0.25, 0.3) is 0 Å². The smallest absolute Gasteiger partial charge is 0.337 e. The topological polar surface area (TPSA) is 32.3 Å². The average molecular weight is 323 g/mol. The third-order valence-electron chi connectivity index (χ3n) is 3.46. The van der Waals surface area contributed by atoms with Gasteiger partial charge in [0, 0.05) is 25.7 Å². The van der Waals surface area contributed by atoms with E-state index in [2.05, 4.69) is 5.32 Å². The highest BCUT2D eigenvalue weighted by Crippen LogP contribution is 2.29. The molecule has 0 bridgehead atoms. The zero-order chi connectivity index (χ0) is 14.8. The van der Waals surface area contributed by atoms with Crippen molar-refractivity contribution in [3.63, 3.8) is 0 Å². The van der Waals surface area contributed by atoms with E-state index in [1.807, 2.05) is 6.92 Å². The molecule has 0 saturated carbocycles. The fraction of sp³-hybridized carbons (Fsp3) is 0.500. The van der Waals surface area contributed by atoms with Crippen LogP contribution >= 0.6 is 12.4 Å². The molecule has 0 aliphatic carbocycles. The number of piperazine rings is 1. The van der Waals surface area contributed by atoms with E-state index in [4.69, 9.17) is 0 Å². The molecule has 0 spiro atoms. The summed E-state index contributed by atoms with van der Waals surface area (Å²) in [6, 6.07) is 4.89. The minimum atomic E-state index is -4.34. The molecule has 1 saturated heterocycles. The van der Waals surface area contributed by atoms with Gasteiger partial charge in [-0.2, -0.15) is 13.2 Å². The largest absolute Gasteiger partial charge is 0.416 e. The van der Waals surface area contributed by atoms with Gasteiger partial charge in [-0.1, -0.05) is 12.1 Å². The van der Waals surface area contributed by atoms with Crippen molar-refractivity contribution in [1.82, 2.24) is 10.2 Å². The molecule has 21 heavy (non-hydrogen) atoms. The first-order valence-corrected chi connectivity index (χ1v) is 6.54. The molecule has 1 N–H and O–H groups in total. The highest BCUT2D eigenvalue weighted by Gasteiger charge is 2.30. The molecule has 3 nitrogen and oxygen atoms in total. The van der Waals surface area contributed by atoms with E-state index < -0.39 is 11.7 Å². The van der Waals surface area contributed by atoms with Crippen LogP contribution in [0.4, 0.5) is 13.2 Å². The summed E-state index contributed by atoms with van der Waals surface area (Å²) in [5.74, 6) is -0.0428. The van der Waals surface area contributed by atoms with E-state index in [1.165, 1.54) is 12.1 Å². The lowest BCUT2D eigenvalue weighted by molar-refractivity contribution is -0.137. The molecule has 1 unspecified atom stereocenters. The molecule has 1 aliphatic rings. The lowest BCUT2D eigenvalue weighted by Gasteiger charge is -2.34. The second-order valence-corrected chi connectivity index (χ2v) is 5.01. The molecule has 1 aliphatic heterocycles. The first-order valence-electron chi connectivity index (χ1n) is 6.54. The van der Waals surface area contributed by atoms with E-state index in [1.54, 1.807) is 4.90 Å². The van der Waals surface area contributed by atoms with Crippen molar-refractivity contribution in [2.45, 2.75) is 25.6 Å². The van der Waals surface area contributed by atoms with Crippen LogP contribution in [0.15, 0.2) is 24.3 Å². The molecule has 1 atom stereocenters. The van der Waals surface area contributed by atoms with Crippen molar-refractivity contribution < 1.29 is 18.0 Å². The Bertz CT molecular complexity index is 476. The maximum Gasteiger partial charge on any atom is 0.416 e. The number of benzene rings is 1. The molecule has 1 amide bonds. The molecule has 2 rings (SSSR count). The Morgan fingerprint density at radius 2 is 1.95 bits per heavy atom. The Hall–Kier alpha value is -1.27. The quantitative estimate of drug-likeness (QED) is 0.907. The third-order valence-corrected chi connectivity index (χ3v) is 3.46. The zero-order valence-electron chi connectivity index (χ0n) is 11.6. The van der Waals surface area contributed by atoms with Gasteiger partial charge in [0.15, 0.2) is 0 Å². The van der Waals surface area contributed by atoms with Crippen LogP contribution < -0.4 is 5.32 Å². The van der Waals surface area contributed by atoms with E-state index in [9.17, 15) is 18.0 Å². The highest BCUT2D eigenvalue weighted by atomic mass is 35.5. The van der Waals surface area contributed by atoms with Crippen LogP contribution in [0.25, 0.3) is 0 Å². The number of rotatable bonds is 2. The van der Waals surface area contributed by atoms with Crippen LogP contribution in [0.3, 0.4) is 0 Å². The molecule has 7 heteroatoms. The van der Waals surface area contributed by atoms with Crippen molar-refractivity contribution in [3.8, 4) is 0 Å². The van der Waals surface area contributed by atoms with Crippen LogP contribution in [0.1, 0.15) is 18.1 Å². The highest BCUT2D eigenvalue weighted by molar-refractivity contribution is 5.85. The number of hydrogen-bond acceptors (Lipinski definition) is 2. The van der Waals surface area contributed by atoms with Gasteiger partial charge in [-0.3, -0.25) is 4.79 Å². The number of hydrogen-bond donors (Lipinski definition) is 1. The fourth-order valence-electron chi connectivity index (χ4n) is 2.30. The first-order chi connectivity index (χ1) is 9.38. The predicted octanol–water partition coefficient (Wildman–Crippen LogP) is 2.49. The first kappa shape index (κ1) is 17.8. The second kappa shape index (κ2) is 7.13. The van der Waals surface area contributed by atoms with Crippen LogP contribution in [0, 0.1) is 0 Å². The number of carbonyl (C=O) groups is 1. The van der Waals surface area contributed by atoms with Crippen molar-refractivity contribution in [3.05, 3.63) is 35.4 Å². The van der Waals surface area contributed by atoms with Gasteiger partial charge in [0.1, 0.15) is 0 Å². The number of nitrogens with zero attached hydrogens (tertiary/aromatic N) is 1. The Labute approximate surface area is 127 Å². The summed E-state index contributed by atoms with van der Waals surface area (Å²) in [4.78, 5) is 13.9. The predicted molar refractivity (Wildman–Crippen MR) is 76.4 cm³/mol. The van der Waals surface area contributed by atoms with Crippen LogP contribution in [-0.4, -0.2) is 36.5 Å². The van der Waals surface area contributed by atoms with Crippen molar-refractivity contribution in [1.29, 1.82) is 0 Å². The van der Waals surface area contributed by atoms with E-state index in [0.717, 1.165) is 25.2 Å². The van der Waals surface area contributed by atoms with E-state index in [-0.39, 0.29) is 30.8 Å². The Morgan fingerprint density at radius 3 is 2.48 bits per heavy atom. The maximum absolute atomic E-state index is 12.4.